The quantitative estimate of drug-likeness (QED) is 0.413. The predicted molar refractivity (Wildman–Crippen MR) is 121 cm³/mol. The minimum Gasteiger partial charge on any atom is -0.489 e. The minimum absolute atomic E-state index is 0.288. The number of benzene rings is 2. The van der Waals surface area contributed by atoms with Crippen LogP contribution in [0.15, 0.2) is 91.5 Å². The number of rotatable bonds is 9. The fourth-order valence-corrected chi connectivity index (χ4v) is 3.19. The van der Waals surface area contributed by atoms with E-state index in [4.69, 9.17) is 4.74 Å². The van der Waals surface area contributed by atoms with Crippen molar-refractivity contribution in [1.82, 2.24) is 15.0 Å². The number of carboxylic acid groups (broad SMARTS) is 1. The fourth-order valence-electron chi connectivity index (χ4n) is 3.19. The molecule has 2 N–H and O–H groups in total. The summed E-state index contributed by atoms with van der Waals surface area (Å²) in [5, 5.41) is 12.6. The number of carboxylic acids is 1. The molecule has 1 atom stereocenters. The lowest BCUT2D eigenvalue weighted by atomic mass is 10.1. The number of hydrogen-bond acceptors (Lipinski definition) is 6. The van der Waals surface area contributed by atoms with Crippen molar-refractivity contribution >= 4 is 11.8 Å². The van der Waals surface area contributed by atoms with Crippen LogP contribution in [0.5, 0.6) is 5.75 Å². The first kappa shape index (κ1) is 21.0. The minimum atomic E-state index is -0.964. The highest BCUT2D eigenvalue weighted by Gasteiger charge is 2.19. The Morgan fingerprint density at radius 3 is 2.47 bits per heavy atom. The van der Waals surface area contributed by atoms with Gasteiger partial charge in [0.2, 0.25) is 0 Å². The molecule has 0 bridgehead atoms. The van der Waals surface area contributed by atoms with Gasteiger partial charge in [0, 0.05) is 30.4 Å². The van der Waals surface area contributed by atoms with Crippen molar-refractivity contribution in [2.75, 3.05) is 5.32 Å². The summed E-state index contributed by atoms with van der Waals surface area (Å²) in [6.45, 7) is 0.495. The van der Waals surface area contributed by atoms with Gasteiger partial charge in [0.25, 0.3) is 0 Å². The van der Waals surface area contributed by atoms with Gasteiger partial charge in [-0.05, 0) is 41.5 Å². The lowest BCUT2D eigenvalue weighted by Crippen LogP contribution is -2.32. The monoisotopic (exact) mass is 426 g/mol. The second-order valence-corrected chi connectivity index (χ2v) is 7.19. The number of anilines is 1. The first-order valence-electron chi connectivity index (χ1n) is 10.1. The van der Waals surface area contributed by atoms with E-state index in [9.17, 15) is 9.90 Å². The molecule has 0 aliphatic carbocycles. The lowest BCUT2D eigenvalue weighted by Gasteiger charge is -2.15. The first-order valence-corrected chi connectivity index (χ1v) is 10.1. The molecule has 7 heteroatoms. The Hall–Kier alpha value is -4.26. The van der Waals surface area contributed by atoms with Crippen molar-refractivity contribution < 1.29 is 14.6 Å². The molecular weight excluding hydrogens is 404 g/mol. The van der Waals surface area contributed by atoms with Gasteiger partial charge in [-0.3, -0.25) is 4.98 Å². The number of aliphatic carboxylic acids is 1. The largest absolute Gasteiger partial charge is 0.489 e. The zero-order chi connectivity index (χ0) is 22.2. The molecule has 0 fully saturated rings. The van der Waals surface area contributed by atoms with Crippen molar-refractivity contribution in [3.05, 3.63) is 103 Å². The van der Waals surface area contributed by atoms with Crippen molar-refractivity contribution in [3.63, 3.8) is 0 Å². The molecule has 7 nitrogen and oxygen atoms in total. The number of nitrogens with zero attached hydrogens (tertiary/aromatic N) is 3. The highest BCUT2D eigenvalue weighted by atomic mass is 16.5. The third-order valence-corrected chi connectivity index (χ3v) is 4.85. The second kappa shape index (κ2) is 10.2. The Kier molecular flexibility index (Phi) is 6.67. The van der Waals surface area contributed by atoms with E-state index < -0.39 is 12.0 Å². The van der Waals surface area contributed by atoms with Crippen LogP contribution in [0.4, 0.5) is 5.82 Å². The molecular formula is C25H22N4O3. The van der Waals surface area contributed by atoms with Gasteiger partial charge < -0.3 is 15.2 Å². The van der Waals surface area contributed by atoms with Crippen LogP contribution in [0.25, 0.3) is 11.3 Å². The Balaban J connectivity index is 1.43. The summed E-state index contributed by atoms with van der Waals surface area (Å²) >= 11 is 0. The van der Waals surface area contributed by atoms with Gasteiger partial charge in [0.05, 0.1) is 5.69 Å². The van der Waals surface area contributed by atoms with Crippen LogP contribution in [0.3, 0.4) is 0 Å². The summed E-state index contributed by atoms with van der Waals surface area (Å²) in [5.41, 5.74) is 3.49. The van der Waals surface area contributed by atoms with Crippen LogP contribution >= 0.6 is 0 Å². The summed E-state index contributed by atoms with van der Waals surface area (Å²) in [4.78, 5) is 24.3. The molecule has 0 aliphatic rings. The summed E-state index contributed by atoms with van der Waals surface area (Å²) in [6.07, 6.45) is 5.02. The molecule has 0 saturated heterocycles. The highest BCUT2D eigenvalue weighted by Crippen LogP contribution is 2.23. The van der Waals surface area contributed by atoms with Gasteiger partial charge in [0.1, 0.15) is 30.5 Å². The number of hydrogen-bond donors (Lipinski definition) is 2. The number of carbonyl (C=O) groups is 1. The molecule has 4 aromatic rings. The molecule has 0 amide bonds. The van der Waals surface area contributed by atoms with E-state index in [1.54, 1.807) is 24.5 Å². The van der Waals surface area contributed by atoms with E-state index in [1.165, 1.54) is 6.33 Å². The third kappa shape index (κ3) is 5.66. The highest BCUT2D eigenvalue weighted by molar-refractivity contribution is 5.77. The fraction of sp³-hybridized carbons (Fsp3) is 0.120. The van der Waals surface area contributed by atoms with E-state index in [0.717, 1.165) is 22.4 Å². The van der Waals surface area contributed by atoms with Gasteiger partial charge in [-0.15, -0.1) is 0 Å². The average molecular weight is 426 g/mol. The molecule has 160 valence electrons. The maximum absolute atomic E-state index is 11.7. The summed E-state index contributed by atoms with van der Waals surface area (Å²) in [7, 11) is 0. The number of pyridine rings is 1. The molecule has 32 heavy (non-hydrogen) atoms. The van der Waals surface area contributed by atoms with Crippen LogP contribution in [-0.4, -0.2) is 32.1 Å². The smallest absolute Gasteiger partial charge is 0.326 e. The zero-order valence-electron chi connectivity index (χ0n) is 17.3. The topological polar surface area (TPSA) is 97.2 Å². The van der Waals surface area contributed by atoms with Gasteiger partial charge in [-0.1, -0.05) is 36.4 Å². The normalized spacial score (nSPS) is 11.5. The van der Waals surface area contributed by atoms with Crippen molar-refractivity contribution in [2.24, 2.45) is 0 Å². The van der Waals surface area contributed by atoms with E-state index in [2.05, 4.69) is 20.3 Å². The molecule has 0 saturated carbocycles. The molecule has 0 spiro atoms. The first-order chi connectivity index (χ1) is 15.7. The van der Waals surface area contributed by atoms with Gasteiger partial charge in [-0.2, -0.15) is 0 Å². The van der Waals surface area contributed by atoms with Crippen LogP contribution < -0.4 is 10.1 Å². The molecule has 1 unspecified atom stereocenters. The van der Waals surface area contributed by atoms with Gasteiger partial charge in [-0.25, -0.2) is 14.8 Å². The molecule has 4 rings (SSSR count). The number of nitrogens with one attached hydrogen (secondary N) is 1. The van der Waals surface area contributed by atoms with E-state index in [1.807, 2.05) is 60.7 Å². The number of ether oxygens (including phenoxy) is 1. The summed E-state index contributed by atoms with van der Waals surface area (Å²) < 4.78 is 5.83. The summed E-state index contributed by atoms with van der Waals surface area (Å²) in [6, 6.07) is 22.1. The molecule has 2 heterocycles. The standard InChI is InChI=1S/C25H22N4O3/c30-25(31)23(13-19-7-4-12-26-15-19)29-24-14-22(27-17-28-24)20-8-10-21(11-9-20)32-16-18-5-2-1-3-6-18/h1-12,14-15,17,23H,13,16H2,(H,30,31)(H,27,28,29). The van der Waals surface area contributed by atoms with Crippen LogP contribution in [-0.2, 0) is 17.8 Å². The Labute approximate surface area is 185 Å². The third-order valence-electron chi connectivity index (χ3n) is 4.85. The van der Waals surface area contributed by atoms with Gasteiger partial charge >= 0.3 is 5.97 Å². The van der Waals surface area contributed by atoms with Crippen molar-refractivity contribution in [2.45, 2.75) is 19.1 Å². The zero-order valence-corrected chi connectivity index (χ0v) is 17.3. The van der Waals surface area contributed by atoms with Crippen LogP contribution in [0.1, 0.15) is 11.1 Å². The summed E-state index contributed by atoms with van der Waals surface area (Å²) in [5.74, 6) is 0.233. The molecule has 0 aliphatic heterocycles. The predicted octanol–water partition coefficient (Wildman–Crippen LogP) is 4.23. The maximum atomic E-state index is 11.7. The second-order valence-electron chi connectivity index (χ2n) is 7.19. The Morgan fingerprint density at radius 1 is 0.969 bits per heavy atom. The SMILES string of the molecule is O=C(O)C(Cc1cccnc1)Nc1cc(-c2ccc(OCc3ccccc3)cc2)ncn1. The van der Waals surface area contributed by atoms with Crippen molar-refractivity contribution in [3.8, 4) is 17.0 Å². The van der Waals surface area contributed by atoms with Crippen molar-refractivity contribution in [1.29, 1.82) is 0 Å². The average Bonchev–Trinajstić information content (AvgIpc) is 2.84. The van der Waals surface area contributed by atoms with Gasteiger partial charge in [0.15, 0.2) is 0 Å². The Morgan fingerprint density at radius 2 is 1.75 bits per heavy atom. The van der Waals surface area contributed by atoms with Crippen LogP contribution in [0.2, 0.25) is 0 Å². The van der Waals surface area contributed by atoms with E-state index >= 15 is 0 Å². The van der Waals surface area contributed by atoms with Crippen LogP contribution in [0, 0.1) is 0 Å². The number of aromatic nitrogens is 3. The van der Waals surface area contributed by atoms with E-state index in [0.29, 0.717) is 18.1 Å². The molecule has 2 aromatic heterocycles. The maximum Gasteiger partial charge on any atom is 0.326 e. The molecule has 2 aromatic carbocycles. The lowest BCUT2D eigenvalue weighted by molar-refractivity contribution is -0.137. The van der Waals surface area contributed by atoms with E-state index in [-0.39, 0.29) is 6.42 Å². The Bertz CT molecular complexity index is 1150. The molecule has 0 radical (unpaired) electrons.